The van der Waals surface area contributed by atoms with Crippen LogP contribution in [0.1, 0.15) is 29.6 Å². The van der Waals surface area contributed by atoms with Crippen LogP contribution in [0.5, 0.6) is 0 Å². The molecule has 5 heteroatoms. The van der Waals surface area contributed by atoms with Gasteiger partial charge in [-0.3, -0.25) is 4.79 Å². The van der Waals surface area contributed by atoms with Gasteiger partial charge >= 0.3 is 0 Å². The van der Waals surface area contributed by atoms with Crippen LogP contribution in [0.2, 0.25) is 10.0 Å². The molecule has 0 spiro atoms. The van der Waals surface area contributed by atoms with Crippen LogP contribution < -0.4 is 10.2 Å². The van der Waals surface area contributed by atoms with Gasteiger partial charge in [0.15, 0.2) is 0 Å². The lowest BCUT2D eigenvalue weighted by atomic mass is 10.1. The molecule has 0 radical (unpaired) electrons. The van der Waals surface area contributed by atoms with Crippen LogP contribution in [0.25, 0.3) is 0 Å². The number of nitrogens with zero attached hydrogens (tertiary/aromatic N) is 1. The predicted molar refractivity (Wildman–Crippen MR) is 96.9 cm³/mol. The molecule has 2 aromatic rings. The molecule has 0 aromatic heterocycles. The average Bonchev–Trinajstić information content (AvgIpc) is 2.55. The van der Waals surface area contributed by atoms with E-state index in [1.807, 2.05) is 24.3 Å². The molecule has 1 amide bonds. The second-order valence-corrected chi connectivity index (χ2v) is 6.58. The van der Waals surface area contributed by atoms with Gasteiger partial charge in [-0.1, -0.05) is 23.2 Å². The van der Waals surface area contributed by atoms with Crippen molar-refractivity contribution in [2.24, 2.45) is 0 Å². The van der Waals surface area contributed by atoms with E-state index in [2.05, 4.69) is 10.2 Å². The summed E-state index contributed by atoms with van der Waals surface area (Å²) < 4.78 is 0. The summed E-state index contributed by atoms with van der Waals surface area (Å²) in [5, 5.41) is 3.76. The molecule has 0 aliphatic carbocycles. The number of hydrogen-bond acceptors (Lipinski definition) is 2. The molecule has 1 saturated heterocycles. The number of piperidine rings is 1. The zero-order chi connectivity index (χ0) is 16.2. The Morgan fingerprint density at radius 3 is 2.13 bits per heavy atom. The minimum Gasteiger partial charge on any atom is -0.372 e. The van der Waals surface area contributed by atoms with Crippen LogP contribution in [0.3, 0.4) is 0 Å². The van der Waals surface area contributed by atoms with E-state index < -0.39 is 0 Å². The molecule has 0 bridgehead atoms. The van der Waals surface area contributed by atoms with Gasteiger partial charge in [0.25, 0.3) is 5.91 Å². The standard InChI is InChI=1S/C18H18Cl2N2O/c19-14-10-13(11-15(20)12-14)18(23)21-16-4-6-17(7-5-16)22-8-2-1-3-9-22/h4-7,10-12H,1-3,8-9H2,(H,21,23). The molecule has 1 N–H and O–H groups in total. The number of benzene rings is 2. The number of rotatable bonds is 3. The molecule has 0 atom stereocenters. The molecule has 1 aliphatic heterocycles. The van der Waals surface area contributed by atoms with Crippen molar-refractivity contribution in [2.45, 2.75) is 19.3 Å². The first-order chi connectivity index (χ1) is 11.1. The summed E-state index contributed by atoms with van der Waals surface area (Å²) >= 11 is 11.9. The Morgan fingerprint density at radius 1 is 0.913 bits per heavy atom. The molecule has 3 nitrogen and oxygen atoms in total. The quantitative estimate of drug-likeness (QED) is 0.822. The minimum atomic E-state index is -0.222. The maximum absolute atomic E-state index is 12.3. The largest absolute Gasteiger partial charge is 0.372 e. The number of halogens is 2. The Morgan fingerprint density at radius 2 is 1.52 bits per heavy atom. The van der Waals surface area contributed by atoms with Gasteiger partial charge in [-0.25, -0.2) is 0 Å². The molecule has 23 heavy (non-hydrogen) atoms. The molecule has 1 fully saturated rings. The first kappa shape index (κ1) is 16.2. The third-order valence-corrected chi connectivity index (χ3v) is 4.41. The summed E-state index contributed by atoms with van der Waals surface area (Å²) in [7, 11) is 0. The molecule has 2 aromatic carbocycles. The van der Waals surface area contributed by atoms with Crippen LogP contribution in [-0.2, 0) is 0 Å². The maximum atomic E-state index is 12.3. The van der Waals surface area contributed by atoms with Crippen LogP contribution in [-0.4, -0.2) is 19.0 Å². The molecular formula is C18H18Cl2N2O. The third-order valence-electron chi connectivity index (χ3n) is 3.97. The summed E-state index contributed by atoms with van der Waals surface area (Å²) in [6, 6.07) is 12.8. The number of hydrogen-bond donors (Lipinski definition) is 1. The molecule has 120 valence electrons. The van der Waals surface area contributed by atoms with Gasteiger partial charge in [0.2, 0.25) is 0 Å². The Bertz CT molecular complexity index is 674. The van der Waals surface area contributed by atoms with Gasteiger partial charge in [0.05, 0.1) is 0 Å². The van der Waals surface area contributed by atoms with E-state index in [0.29, 0.717) is 15.6 Å². The van der Waals surface area contributed by atoms with Gasteiger partial charge in [-0.05, 0) is 61.7 Å². The van der Waals surface area contributed by atoms with Crippen molar-refractivity contribution in [3.63, 3.8) is 0 Å². The number of anilines is 2. The first-order valence-corrected chi connectivity index (χ1v) is 8.50. The third kappa shape index (κ3) is 4.18. The van der Waals surface area contributed by atoms with E-state index in [9.17, 15) is 4.79 Å². The number of amides is 1. The van der Waals surface area contributed by atoms with Crippen LogP contribution in [0.4, 0.5) is 11.4 Å². The fraction of sp³-hybridized carbons (Fsp3) is 0.278. The first-order valence-electron chi connectivity index (χ1n) is 7.74. The Labute approximate surface area is 146 Å². The lowest BCUT2D eigenvalue weighted by molar-refractivity contribution is 0.102. The Balaban J connectivity index is 1.68. The smallest absolute Gasteiger partial charge is 0.255 e. The van der Waals surface area contributed by atoms with E-state index in [-0.39, 0.29) is 5.91 Å². The molecule has 0 saturated carbocycles. The highest BCUT2D eigenvalue weighted by Crippen LogP contribution is 2.23. The highest BCUT2D eigenvalue weighted by molar-refractivity contribution is 6.35. The summed E-state index contributed by atoms with van der Waals surface area (Å²) in [5.74, 6) is -0.222. The fourth-order valence-electron chi connectivity index (χ4n) is 2.80. The van der Waals surface area contributed by atoms with Crippen LogP contribution in [0.15, 0.2) is 42.5 Å². The van der Waals surface area contributed by atoms with Gasteiger partial charge in [0, 0.05) is 40.1 Å². The summed E-state index contributed by atoms with van der Waals surface area (Å²) in [6.45, 7) is 2.21. The molecule has 3 rings (SSSR count). The van der Waals surface area contributed by atoms with Crippen molar-refractivity contribution in [1.82, 2.24) is 0 Å². The number of carbonyl (C=O) groups is 1. The summed E-state index contributed by atoms with van der Waals surface area (Å²) in [6.07, 6.45) is 3.80. The van der Waals surface area contributed by atoms with Crippen molar-refractivity contribution >= 4 is 40.5 Å². The molecular weight excluding hydrogens is 331 g/mol. The van der Waals surface area contributed by atoms with Crippen molar-refractivity contribution in [2.75, 3.05) is 23.3 Å². The van der Waals surface area contributed by atoms with Crippen molar-refractivity contribution in [1.29, 1.82) is 0 Å². The van der Waals surface area contributed by atoms with Crippen molar-refractivity contribution in [3.05, 3.63) is 58.1 Å². The van der Waals surface area contributed by atoms with E-state index in [1.54, 1.807) is 18.2 Å². The zero-order valence-corrected chi connectivity index (χ0v) is 14.2. The minimum absolute atomic E-state index is 0.222. The second kappa shape index (κ2) is 7.24. The summed E-state index contributed by atoms with van der Waals surface area (Å²) in [4.78, 5) is 14.6. The average molecular weight is 349 g/mol. The van der Waals surface area contributed by atoms with E-state index in [4.69, 9.17) is 23.2 Å². The van der Waals surface area contributed by atoms with Crippen molar-refractivity contribution < 1.29 is 4.79 Å². The van der Waals surface area contributed by atoms with E-state index in [0.717, 1.165) is 18.8 Å². The fourth-order valence-corrected chi connectivity index (χ4v) is 3.32. The Hall–Kier alpha value is -1.71. The highest BCUT2D eigenvalue weighted by Gasteiger charge is 2.12. The monoisotopic (exact) mass is 348 g/mol. The van der Waals surface area contributed by atoms with Gasteiger partial charge < -0.3 is 10.2 Å². The highest BCUT2D eigenvalue weighted by atomic mass is 35.5. The maximum Gasteiger partial charge on any atom is 0.255 e. The lowest BCUT2D eigenvalue weighted by Crippen LogP contribution is -2.29. The Kier molecular flexibility index (Phi) is 5.09. The van der Waals surface area contributed by atoms with Gasteiger partial charge in [-0.2, -0.15) is 0 Å². The second-order valence-electron chi connectivity index (χ2n) is 5.71. The SMILES string of the molecule is O=C(Nc1ccc(N2CCCCC2)cc1)c1cc(Cl)cc(Cl)c1. The van der Waals surface area contributed by atoms with E-state index in [1.165, 1.54) is 24.9 Å². The number of carbonyl (C=O) groups excluding carboxylic acids is 1. The predicted octanol–water partition coefficient (Wildman–Crippen LogP) is 5.24. The van der Waals surface area contributed by atoms with Gasteiger partial charge in [0.1, 0.15) is 0 Å². The number of nitrogens with one attached hydrogen (secondary N) is 1. The van der Waals surface area contributed by atoms with E-state index >= 15 is 0 Å². The molecule has 1 heterocycles. The lowest BCUT2D eigenvalue weighted by Gasteiger charge is -2.28. The van der Waals surface area contributed by atoms with Gasteiger partial charge in [-0.15, -0.1) is 0 Å². The van der Waals surface area contributed by atoms with Crippen molar-refractivity contribution in [3.8, 4) is 0 Å². The molecule has 0 unspecified atom stereocenters. The topological polar surface area (TPSA) is 32.3 Å². The normalized spacial score (nSPS) is 14.6. The molecule has 1 aliphatic rings. The zero-order valence-electron chi connectivity index (χ0n) is 12.7. The summed E-state index contributed by atoms with van der Waals surface area (Å²) in [5.41, 5.74) is 2.41. The van der Waals surface area contributed by atoms with Crippen LogP contribution >= 0.6 is 23.2 Å². The van der Waals surface area contributed by atoms with Crippen LogP contribution in [0, 0.1) is 0 Å².